The van der Waals surface area contributed by atoms with Gasteiger partial charge in [0.1, 0.15) is 39.7 Å². The van der Waals surface area contributed by atoms with E-state index >= 15 is 0 Å². The molecule has 9 aliphatic rings. The summed E-state index contributed by atoms with van der Waals surface area (Å²) in [4.78, 5) is 185. The zero-order valence-corrected chi connectivity index (χ0v) is 72.8. The summed E-state index contributed by atoms with van der Waals surface area (Å²) >= 11 is 12.6. The van der Waals surface area contributed by atoms with Crippen molar-refractivity contribution in [2.45, 2.75) is 67.2 Å². The first-order valence-corrected chi connectivity index (χ1v) is 41.5. The van der Waals surface area contributed by atoms with Crippen molar-refractivity contribution >= 4 is 139 Å². The fraction of sp³-hybridized carbons (Fsp3) is 0.258. The number of nitrogens with two attached hydrogens (primary N) is 1. The number of amides is 17. The zero-order valence-electron chi connectivity index (χ0n) is 71.3. The molecule has 5 aromatic carbocycles. The Kier molecular flexibility index (Phi) is 23.5. The van der Waals surface area contributed by atoms with Crippen molar-refractivity contribution in [1.82, 2.24) is 82.0 Å². The van der Waals surface area contributed by atoms with Crippen LogP contribution in [0.3, 0.4) is 0 Å². The van der Waals surface area contributed by atoms with Crippen molar-refractivity contribution in [3.8, 4) is 34.8 Å². The monoisotopic (exact) mass is 1900 g/mol. The quantitative estimate of drug-likeness (QED) is 0.0226. The lowest BCUT2D eigenvalue weighted by molar-refractivity contribution is -0.126. The number of primary amides is 1. The average Bonchev–Trinajstić information content (AvgIpc) is 1.58. The van der Waals surface area contributed by atoms with Crippen LogP contribution in [0.25, 0.3) is 33.2 Å². The Bertz CT molecular complexity index is 6800. The lowest BCUT2D eigenvalue weighted by Gasteiger charge is -2.35. The van der Waals surface area contributed by atoms with Gasteiger partial charge in [-0.2, -0.15) is 0 Å². The lowest BCUT2D eigenvalue weighted by atomic mass is 9.95. The van der Waals surface area contributed by atoms with Gasteiger partial charge in [0.15, 0.2) is 85.7 Å². The van der Waals surface area contributed by atoms with Crippen LogP contribution in [0.4, 0.5) is 51.3 Å². The molecule has 20 rings (SSSR count). The number of nitrogens with one attached hydrogen (secondary N) is 8. The molecule has 5 saturated heterocycles. The molecule has 38 nitrogen and oxygen atoms in total. The minimum Gasteiger partial charge on any atom is -0.494 e. The number of halogens is 8. The molecule has 0 bridgehead atoms. The van der Waals surface area contributed by atoms with Gasteiger partial charge in [0.2, 0.25) is 11.4 Å². The first kappa shape index (κ1) is 90.9. The van der Waals surface area contributed by atoms with Gasteiger partial charge in [0, 0.05) is 92.5 Å². The summed E-state index contributed by atoms with van der Waals surface area (Å²) in [5.41, 5.74) is 1.08. The van der Waals surface area contributed by atoms with E-state index in [9.17, 15) is 88.7 Å². The second-order valence-corrected chi connectivity index (χ2v) is 33.2. The summed E-state index contributed by atoms with van der Waals surface area (Å²) < 4.78 is 124. The van der Waals surface area contributed by atoms with E-state index in [1.54, 1.807) is 54.9 Å². The van der Waals surface area contributed by atoms with Gasteiger partial charge in [-0.05, 0) is 134 Å². The highest BCUT2D eigenvalue weighted by atomic mass is 35.5. The van der Waals surface area contributed by atoms with Gasteiger partial charge in [0.05, 0.1) is 86.9 Å². The first-order chi connectivity index (χ1) is 64.4. The number of carbonyl (C=O) groups is 13. The molecule has 11 aromatic rings. The summed E-state index contributed by atoms with van der Waals surface area (Å²) in [6, 6.07) is 21.2. The van der Waals surface area contributed by atoms with Crippen molar-refractivity contribution < 1.29 is 121 Å². The number of hydrogen-bond acceptors (Lipinski definition) is 25. The number of carbonyl (C=O) groups excluding carboxylic acids is 13. The van der Waals surface area contributed by atoms with Gasteiger partial charge in [-0.1, -0.05) is 35.0 Å². The molecule has 10 N–H and O–H groups in total. The Hall–Kier alpha value is -16.0. The molecule has 15 heterocycles. The SMILES string of the molecule is COc1c(Cl)cc2c(c1Cl)C(=O)N(C[C@@]1(c3cc4cnccc4o3)NC(=O)NC1=O)C2.COc1c(F)cc2c(c1F)C(=O)N(CC1(c3cc4nc(N5CCC(N(C)C)CC5)ccc4o3)NC(=O)NC1=O)C2.COc1c(F)cc2c(c1F)C(=O)N(C[C@@]1(C#Cc3ccc(C(N)=O)cc3)NC(=O)NC1=O)C2.COc1c(F)cc2c(c1F)C(=O)N(C[C@@]1(c3cc4ncccc4o3)NC(=O)NC1=O)C2. The fourth-order valence-electron chi connectivity index (χ4n) is 17.4. The Morgan fingerprint density at radius 3 is 1.36 bits per heavy atom. The van der Waals surface area contributed by atoms with Crippen molar-refractivity contribution in [3.63, 3.8) is 0 Å². The minimum absolute atomic E-state index is 0.0533. The molecule has 0 saturated carbocycles. The normalized spacial score (nSPS) is 20.2. The molecule has 5 fully saturated rings. The van der Waals surface area contributed by atoms with E-state index < -0.39 is 158 Å². The number of imide groups is 4. The van der Waals surface area contributed by atoms with Crippen LogP contribution >= 0.6 is 23.2 Å². The Morgan fingerprint density at radius 1 is 0.504 bits per heavy atom. The number of hydrogen-bond donors (Lipinski definition) is 9. The predicted molar refractivity (Wildman–Crippen MR) is 458 cm³/mol. The molecule has 1 unspecified atom stereocenters. The lowest BCUT2D eigenvalue weighted by Crippen LogP contribution is -2.54. The summed E-state index contributed by atoms with van der Waals surface area (Å²) in [6.45, 7) is -0.0844. The maximum absolute atomic E-state index is 14.9. The molecule has 17 amide bonds. The highest BCUT2D eigenvalue weighted by Crippen LogP contribution is 2.46. The van der Waals surface area contributed by atoms with Gasteiger partial charge in [-0.25, -0.2) is 50.5 Å². The summed E-state index contributed by atoms with van der Waals surface area (Å²) in [5.74, 6) is -7.91. The van der Waals surface area contributed by atoms with Crippen LogP contribution in [0.1, 0.15) is 110 Å². The van der Waals surface area contributed by atoms with Crippen molar-refractivity contribution in [2.75, 3.05) is 86.7 Å². The Balaban J connectivity index is 0.000000126. The number of pyridine rings is 3. The van der Waals surface area contributed by atoms with Crippen LogP contribution in [0.15, 0.2) is 129 Å². The van der Waals surface area contributed by atoms with E-state index in [-0.39, 0.29) is 123 Å². The highest BCUT2D eigenvalue weighted by Gasteiger charge is 2.58. The number of furan rings is 3. The number of piperidine rings is 1. The molecule has 9 aliphatic heterocycles. The van der Waals surface area contributed by atoms with E-state index in [0.29, 0.717) is 50.3 Å². The largest absolute Gasteiger partial charge is 0.494 e. The smallest absolute Gasteiger partial charge is 0.323 e. The topological polar surface area (TPSA) is 479 Å². The van der Waals surface area contributed by atoms with Crippen LogP contribution in [-0.2, 0) is 62.0 Å². The van der Waals surface area contributed by atoms with Gasteiger partial charge in [-0.3, -0.25) is 74.4 Å². The van der Waals surface area contributed by atoms with Crippen LogP contribution in [0.5, 0.6) is 23.0 Å². The van der Waals surface area contributed by atoms with Crippen LogP contribution in [0, 0.1) is 46.7 Å². The third kappa shape index (κ3) is 16.0. The van der Waals surface area contributed by atoms with E-state index in [0.717, 1.165) is 81.1 Å². The molecular weight excluding hydrogens is 1830 g/mol. The van der Waals surface area contributed by atoms with Gasteiger partial charge >= 0.3 is 24.1 Å². The predicted octanol–water partition coefficient (Wildman–Crippen LogP) is 7.63. The van der Waals surface area contributed by atoms with Gasteiger partial charge in [0.25, 0.3) is 47.3 Å². The first-order valence-electron chi connectivity index (χ1n) is 40.8. The Labute approximate surface area is 766 Å². The number of urea groups is 4. The number of nitrogens with zero attached hydrogens (tertiary/aromatic N) is 9. The molecule has 6 aromatic heterocycles. The molecule has 0 radical (unpaired) electrons. The molecule has 46 heteroatoms. The summed E-state index contributed by atoms with van der Waals surface area (Å²) in [5, 5.41) is 19.8. The minimum atomic E-state index is -1.84. The maximum Gasteiger partial charge on any atom is 0.323 e. The molecule has 0 spiro atoms. The molecule has 135 heavy (non-hydrogen) atoms. The Morgan fingerprint density at radius 2 is 0.933 bits per heavy atom. The van der Waals surface area contributed by atoms with Crippen molar-refractivity contribution in [2.24, 2.45) is 5.73 Å². The van der Waals surface area contributed by atoms with Gasteiger partial charge < -0.3 is 88.6 Å². The highest BCUT2D eigenvalue weighted by molar-refractivity contribution is 6.40. The second-order valence-electron chi connectivity index (χ2n) is 32.4. The fourth-order valence-corrected chi connectivity index (χ4v) is 18.2. The molecule has 4 atom stereocenters. The molecule has 0 aliphatic carbocycles. The standard InChI is InChI=1S/C27H28F2N6O5.C22H16F2N4O5.C20H14Cl2N4O5.C20H14F2N4O5/c1-33(2)15-6-8-34(9-7-15)20-5-4-18-17(30-20)11-19(40-18)27(25(37)31-26(38)32-27)13-35-12-14-10-16(28)23(39-3)22(29)21(14)24(35)36;1-33-17-14(23)8-13-9-28(19(30)15(13)16(17)24)10-22(20(31)26-21(32)27-22)7-6-11-2-4-12(5-3-11)18(25)29;1-30-16-11(21)4-10-7-26(17(27)14(10)15(16)22)8-20(18(28)24-19(29)25-20)13-5-9-6-23-3-2-12(9)31-13;1-30-16-10(21)5-9-7-26(17(27)14(9)15(16)22)8-20(18(28)24-19(29)25-20)13-6-11-12(31-13)3-2-4-23-11/h4-5,10-11,15H,6-9,12-13H2,1-3H3,(H2,31,32,37,38);2-5,8H,9-10H2,1H3,(H2,25,29)(H2,26,27,31,32);2*2-6H,7-8H2,1H3,(H2,24,25,28,29)/t;22-;2*20-/m.100/s1. The second kappa shape index (κ2) is 34.9. The number of ether oxygens (including phenoxy) is 4. The van der Waals surface area contributed by atoms with Crippen LogP contribution in [0.2, 0.25) is 10.0 Å². The van der Waals surface area contributed by atoms with E-state index in [1.807, 2.05) is 6.07 Å². The number of anilines is 1. The average molecular weight is 1900 g/mol. The summed E-state index contributed by atoms with van der Waals surface area (Å²) in [7, 11) is 8.82. The van der Waals surface area contributed by atoms with Crippen LogP contribution < -0.4 is 72.1 Å². The van der Waals surface area contributed by atoms with E-state index in [1.165, 1.54) is 53.4 Å². The summed E-state index contributed by atoms with van der Waals surface area (Å²) in [6.07, 6.45) is 6.67. The number of benzene rings is 5. The number of rotatable bonds is 18. The third-order valence-corrected chi connectivity index (χ3v) is 24.8. The van der Waals surface area contributed by atoms with Gasteiger partial charge in [-0.15, -0.1) is 0 Å². The molecule has 694 valence electrons. The number of fused-ring (bicyclic) bond motifs is 7. The number of methoxy groups -OCH3 is 4. The van der Waals surface area contributed by atoms with E-state index in [4.69, 9.17) is 61.4 Å². The third-order valence-electron chi connectivity index (χ3n) is 24.1. The van der Waals surface area contributed by atoms with Crippen LogP contribution in [-0.4, -0.2) is 210 Å². The zero-order chi connectivity index (χ0) is 96.1. The maximum atomic E-state index is 14.9. The molecular formula is C89H72Cl2F6N18O20. The number of aromatic nitrogens is 3. The van der Waals surface area contributed by atoms with Crippen molar-refractivity contribution in [3.05, 3.63) is 234 Å². The van der Waals surface area contributed by atoms with Crippen molar-refractivity contribution in [1.29, 1.82) is 0 Å². The van der Waals surface area contributed by atoms with E-state index in [2.05, 4.69) is 93.0 Å².